The smallest absolute Gasteiger partial charge is 0.305 e. The molecule has 0 aliphatic rings. The number of hydrogen-bond donors (Lipinski definition) is 3. The van der Waals surface area contributed by atoms with E-state index in [1.165, 1.54) is 295 Å². The second kappa shape index (κ2) is 62.4. The number of esters is 1. The first-order valence-corrected chi connectivity index (χ1v) is 33.3. The van der Waals surface area contributed by atoms with Crippen LogP contribution in [0.3, 0.4) is 0 Å². The van der Waals surface area contributed by atoms with E-state index >= 15 is 0 Å². The van der Waals surface area contributed by atoms with E-state index in [2.05, 4.69) is 19.2 Å². The molecule has 0 saturated carbocycles. The van der Waals surface area contributed by atoms with Gasteiger partial charge in [0.05, 0.1) is 25.4 Å². The van der Waals surface area contributed by atoms with Crippen LogP contribution in [0.15, 0.2) is 0 Å². The van der Waals surface area contributed by atoms with Gasteiger partial charge in [0.25, 0.3) is 0 Å². The van der Waals surface area contributed by atoms with Crippen LogP contribution in [0.25, 0.3) is 0 Å². The monoisotopic (exact) mass is 1020 g/mol. The van der Waals surface area contributed by atoms with Gasteiger partial charge in [-0.1, -0.05) is 348 Å². The number of unbranched alkanes of at least 4 members (excludes halogenated alkanes) is 52. The average Bonchev–Trinajstić information content (AvgIpc) is 3.38. The number of ether oxygens (including phenoxy) is 1. The number of aliphatic hydroxyl groups is 2. The Morgan fingerprint density at radius 3 is 0.847 bits per heavy atom. The molecule has 430 valence electrons. The van der Waals surface area contributed by atoms with E-state index in [-0.39, 0.29) is 18.5 Å². The average molecular weight is 1020 g/mol. The molecule has 0 aromatic heterocycles. The van der Waals surface area contributed by atoms with Gasteiger partial charge in [-0.25, -0.2) is 0 Å². The zero-order valence-electron chi connectivity index (χ0n) is 49.2. The molecule has 0 rings (SSSR count). The second-order valence-corrected chi connectivity index (χ2v) is 23.2. The van der Waals surface area contributed by atoms with Gasteiger partial charge in [0.2, 0.25) is 5.91 Å². The Hall–Kier alpha value is -1.14. The molecule has 2 atom stereocenters. The fourth-order valence-corrected chi connectivity index (χ4v) is 10.8. The summed E-state index contributed by atoms with van der Waals surface area (Å²) in [7, 11) is 0. The van der Waals surface area contributed by atoms with Crippen LogP contribution in [0.4, 0.5) is 0 Å². The van der Waals surface area contributed by atoms with E-state index < -0.39 is 12.1 Å². The summed E-state index contributed by atoms with van der Waals surface area (Å²) in [6.07, 6.45) is 74.1. The number of nitrogens with one attached hydrogen (secondary N) is 1. The highest BCUT2D eigenvalue weighted by Gasteiger charge is 2.20. The van der Waals surface area contributed by atoms with Crippen molar-refractivity contribution in [2.45, 2.75) is 398 Å². The SMILES string of the molecule is CCCCCCCCCCCCCCCCCCCCCCCCCCCC(O)C(CO)NC(=O)CCCCCCCCCCCCCCOC(=O)CCCCCCCCCCCCCCCCCCCC. The van der Waals surface area contributed by atoms with E-state index in [1.54, 1.807) is 0 Å². The van der Waals surface area contributed by atoms with Crippen LogP contribution < -0.4 is 5.32 Å². The lowest BCUT2D eigenvalue weighted by Gasteiger charge is -2.22. The van der Waals surface area contributed by atoms with Crippen LogP contribution in [0.1, 0.15) is 386 Å². The van der Waals surface area contributed by atoms with Crippen LogP contribution >= 0.6 is 0 Å². The summed E-state index contributed by atoms with van der Waals surface area (Å²) in [5, 5.41) is 23.4. The Morgan fingerprint density at radius 1 is 0.333 bits per heavy atom. The van der Waals surface area contributed by atoms with Crippen molar-refractivity contribution < 1.29 is 24.5 Å². The molecule has 0 bridgehead atoms. The van der Waals surface area contributed by atoms with E-state index in [0.717, 1.165) is 57.8 Å². The molecule has 0 aromatic rings. The fourth-order valence-electron chi connectivity index (χ4n) is 10.8. The molecule has 0 radical (unpaired) electrons. The highest BCUT2D eigenvalue weighted by atomic mass is 16.5. The Morgan fingerprint density at radius 2 is 0.569 bits per heavy atom. The predicted octanol–water partition coefficient (Wildman–Crippen LogP) is 21.0. The lowest BCUT2D eigenvalue weighted by Crippen LogP contribution is -2.45. The zero-order valence-corrected chi connectivity index (χ0v) is 49.2. The van der Waals surface area contributed by atoms with E-state index in [0.29, 0.717) is 25.9 Å². The lowest BCUT2D eigenvalue weighted by molar-refractivity contribution is -0.143. The lowest BCUT2D eigenvalue weighted by atomic mass is 10.0. The second-order valence-electron chi connectivity index (χ2n) is 23.2. The summed E-state index contributed by atoms with van der Waals surface area (Å²) in [6.45, 7) is 4.97. The van der Waals surface area contributed by atoms with Gasteiger partial charge in [0.15, 0.2) is 0 Å². The predicted molar refractivity (Wildman–Crippen MR) is 315 cm³/mol. The van der Waals surface area contributed by atoms with E-state index in [1.807, 2.05) is 0 Å². The minimum atomic E-state index is -0.675. The third kappa shape index (κ3) is 58.1. The molecule has 72 heavy (non-hydrogen) atoms. The maximum absolute atomic E-state index is 12.5. The molecule has 6 nitrogen and oxygen atoms in total. The van der Waals surface area contributed by atoms with E-state index in [9.17, 15) is 19.8 Å². The van der Waals surface area contributed by atoms with E-state index in [4.69, 9.17) is 4.74 Å². The van der Waals surface area contributed by atoms with Crippen LogP contribution in [0.5, 0.6) is 0 Å². The van der Waals surface area contributed by atoms with Crippen molar-refractivity contribution in [1.82, 2.24) is 5.32 Å². The first-order chi connectivity index (χ1) is 35.5. The summed E-state index contributed by atoms with van der Waals surface area (Å²) in [4.78, 5) is 24.6. The molecule has 0 fully saturated rings. The highest BCUT2D eigenvalue weighted by molar-refractivity contribution is 5.76. The van der Waals surface area contributed by atoms with Crippen molar-refractivity contribution in [3.05, 3.63) is 0 Å². The molecule has 6 heteroatoms. The molecular weight excluding hydrogens is 887 g/mol. The highest BCUT2D eigenvalue weighted by Crippen LogP contribution is 2.19. The fraction of sp³-hybridized carbons (Fsp3) is 0.970. The van der Waals surface area contributed by atoms with Crippen LogP contribution in [-0.4, -0.2) is 47.4 Å². The van der Waals surface area contributed by atoms with Gasteiger partial charge < -0.3 is 20.3 Å². The Labute approximate surface area is 451 Å². The number of carbonyl (C=O) groups excluding carboxylic acids is 2. The van der Waals surface area contributed by atoms with Gasteiger partial charge >= 0.3 is 5.97 Å². The summed E-state index contributed by atoms with van der Waals surface area (Å²) in [5.41, 5.74) is 0. The molecule has 0 aliphatic heterocycles. The molecule has 2 unspecified atom stereocenters. The number of rotatable bonds is 63. The van der Waals surface area contributed by atoms with Crippen LogP contribution in [0, 0.1) is 0 Å². The minimum absolute atomic E-state index is 0.00279. The van der Waals surface area contributed by atoms with Crippen molar-refractivity contribution in [3.8, 4) is 0 Å². The van der Waals surface area contributed by atoms with Crippen LogP contribution in [-0.2, 0) is 14.3 Å². The van der Waals surface area contributed by atoms with Crippen molar-refractivity contribution in [2.75, 3.05) is 13.2 Å². The third-order valence-electron chi connectivity index (χ3n) is 15.9. The van der Waals surface area contributed by atoms with Gasteiger partial charge in [-0.05, 0) is 25.7 Å². The largest absolute Gasteiger partial charge is 0.466 e. The molecule has 0 spiro atoms. The van der Waals surface area contributed by atoms with Gasteiger partial charge in [-0.3, -0.25) is 9.59 Å². The number of hydrogen-bond acceptors (Lipinski definition) is 5. The first kappa shape index (κ1) is 70.9. The van der Waals surface area contributed by atoms with Gasteiger partial charge in [0, 0.05) is 12.8 Å². The van der Waals surface area contributed by atoms with Gasteiger partial charge in [-0.2, -0.15) is 0 Å². The molecule has 0 aromatic carbocycles. The van der Waals surface area contributed by atoms with Gasteiger partial charge in [0.1, 0.15) is 0 Å². The van der Waals surface area contributed by atoms with Crippen molar-refractivity contribution in [2.24, 2.45) is 0 Å². The van der Waals surface area contributed by atoms with Gasteiger partial charge in [-0.15, -0.1) is 0 Å². The Kier molecular flexibility index (Phi) is 61.4. The maximum Gasteiger partial charge on any atom is 0.305 e. The zero-order chi connectivity index (χ0) is 52.2. The molecular formula is C66H131NO5. The molecule has 0 heterocycles. The maximum atomic E-state index is 12.5. The van der Waals surface area contributed by atoms with Crippen LogP contribution in [0.2, 0.25) is 0 Å². The Bertz CT molecular complexity index is 1040. The number of amides is 1. The first-order valence-electron chi connectivity index (χ1n) is 33.3. The minimum Gasteiger partial charge on any atom is -0.466 e. The molecule has 0 aliphatic carbocycles. The summed E-state index contributed by atoms with van der Waals surface area (Å²) >= 11 is 0. The molecule has 0 saturated heterocycles. The summed E-state index contributed by atoms with van der Waals surface area (Å²) in [5.74, 6) is -0.0473. The summed E-state index contributed by atoms with van der Waals surface area (Å²) < 4.78 is 5.49. The number of carbonyl (C=O) groups is 2. The molecule has 1 amide bonds. The van der Waals surface area contributed by atoms with Crippen molar-refractivity contribution >= 4 is 11.9 Å². The third-order valence-corrected chi connectivity index (χ3v) is 15.9. The standard InChI is InChI=1S/C66H131NO5/c1-3-5-7-9-11-13-15-17-19-21-23-24-25-26-27-28-29-30-32-34-38-42-46-50-54-58-64(69)63(62-68)67-65(70)59-55-51-47-43-39-36-37-41-45-49-53-57-61-72-66(71)60-56-52-48-44-40-35-33-31-22-20-18-16-14-12-10-8-6-4-2/h63-64,68-69H,3-62H2,1-2H3,(H,67,70). The Balaban J connectivity index is 3.41. The molecule has 3 N–H and O–H groups in total. The normalized spacial score (nSPS) is 12.4. The van der Waals surface area contributed by atoms with Crippen molar-refractivity contribution in [3.63, 3.8) is 0 Å². The van der Waals surface area contributed by atoms with Crippen molar-refractivity contribution in [1.29, 1.82) is 0 Å². The summed E-state index contributed by atoms with van der Waals surface area (Å²) in [6, 6.07) is -0.553. The quantitative estimate of drug-likeness (QED) is 0.0417. The number of aliphatic hydroxyl groups excluding tert-OH is 2. The topological polar surface area (TPSA) is 95.9 Å².